The normalized spacial score (nSPS) is 17.8. The van der Waals surface area contributed by atoms with Crippen molar-refractivity contribution in [3.05, 3.63) is 68.7 Å². The van der Waals surface area contributed by atoms with E-state index in [0.29, 0.717) is 41.2 Å². The Morgan fingerprint density at radius 1 is 1.29 bits per heavy atom. The summed E-state index contributed by atoms with van der Waals surface area (Å²) in [6.07, 6.45) is 2.88. The number of halogens is 3. The lowest BCUT2D eigenvalue weighted by Gasteiger charge is -2.20. The molecule has 1 aliphatic heterocycles. The molecule has 2 amide bonds. The lowest BCUT2D eigenvalue weighted by Crippen LogP contribution is -2.30. The summed E-state index contributed by atoms with van der Waals surface area (Å²) in [7, 11) is 0. The van der Waals surface area contributed by atoms with E-state index in [2.05, 4.69) is 31.8 Å². The molecule has 1 aromatic heterocycles. The van der Waals surface area contributed by atoms with E-state index in [4.69, 9.17) is 0 Å². The Morgan fingerprint density at radius 3 is 2.66 bits per heavy atom. The number of hydrogen-bond donors (Lipinski definition) is 2. The number of aromatic nitrogens is 1. The number of amides is 2. The maximum absolute atomic E-state index is 13.0. The second kappa shape index (κ2) is 11.3. The van der Waals surface area contributed by atoms with Crippen molar-refractivity contribution in [3.63, 3.8) is 0 Å². The Hall–Kier alpha value is -3.52. The molecule has 1 unspecified atom stereocenters. The molecule has 7 nitrogen and oxygen atoms in total. The van der Waals surface area contributed by atoms with Gasteiger partial charge in [-0.2, -0.15) is 4.99 Å². The molecule has 1 atom stereocenters. The van der Waals surface area contributed by atoms with E-state index >= 15 is 0 Å². The number of carbonyl (C=O) groups is 2. The number of hydrogen-bond acceptors (Lipinski definition) is 5. The number of nitrogens with zero attached hydrogens (tertiary/aromatic N) is 2. The van der Waals surface area contributed by atoms with Gasteiger partial charge in [0.05, 0.1) is 11.3 Å². The van der Waals surface area contributed by atoms with E-state index in [0.717, 1.165) is 18.2 Å². The van der Waals surface area contributed by atoms with Gasteiger partial charge in [-0.1, -0.05) is 18.7 Å². The van der Waals surface area contributed by atoms with Gasteiger partial charge >= 0.3 is 6.36 Å². The van der Waals surface area contributed by atoms with E-state index in [-0.39, 0.29) is 11.9 Å². The molecule has 0 saturated carbocycles. The van der Waals surface area contributed by atoms with Crippen LogP contribution >= 0.6 is 11.3 Å². The third kappa shape index (κ3) is 7.23. The smallest absolute Gasteiger partial charge is 0.397 e. The van der Waals surface area contributed by atoms with Crippen molar-refractivity contribution >= 4 is 28.7 Å². The number of alkyl halides is 3. The highest BCUT2D eigenvalue weighted by Gasteiger charge is 2.31. The second-order valence-electron chi connectivity index (χ2n) is 7.77. The number of nitrogens with one attached hydrogen (secondary N) is 2. The van der Waals surface area contributed by atoms with E-state index in [1.165, 1.54) is 24.3 Å². The first-order valence-corrected chi connectivity index (χ1v) is 11.8. The molecule has 2 aliphatic rings. The van der Waals surface area contributed by atoms with Crippen molar-refractivity contribution in [2.45, 2.75) is 52.6 Å². The molecule has 0 saturated heterocycles. The zero-order valence-corrected chi connectivity index (χ0v) is 20.3. The first kappa shape index (κ1) is 26.1. The number of allylic oxidation sites excluding steroid dienone is 4. The number of thiazole rings is 1. The van der Waals surface area contributed by atoms with E-state index in [9.17, 15) is 22.8 Å². The minimum Gasteiger partial charge on any atom is -0.397 e. The predicted molar refractivity (Wildman–Crippen MR) is 125 cm³/mol. The minimum atomic E-state index is -4.82. The van der Waals surface area contributed by atoms with Crippen molar-refractivity contribution in [3.8, 4) is 0 Å². The van der Waals surface area contributed by atoms with Gasteiger partial charge in [0.2, 0.25) is 5.91 Å². The van der Waals surface area contributed by atoms with E-state index in [1.807, 2.05) is 19.9 Å². The largest absolute Gasteiger partial charge is 0.573 e. The summed E-state index contributed by atoms with van der Waals surface area (Å²) in [6.45, 7) is 6.10. The number of carbonyl (C=O) groups excluding carboxylic acids is 2. The van der Waals surface area contributed by atoms with Gasteiger partial charge < -0.3 is 19.9 Å². The quantitative estimate of drug-likeness (QED) is 0.415. The fourth-order valence-corrected chi connectivity index (χ4v) is 4.34. The summed E-state index contributed by atoms with van der Waals surface area (Å²) in [5.41, 5.74) is 7.32. The molecule has 2 heterocycles. The molecular weight excluding hydrogens is 481 g/mol. The van der Waals surface area contributed by atoms with Crippen molar-refractivity contribution in [1.29, 1.82) is 0 Å². The Kier molecular flexibility index (Phi) is 8.40. The summed E-state index contributed by atoms with van der Waals surface area (Å²) in [5.74, 6) is -1.07. The highest BCUT2D eigenvalue weighted by molar-refractivity contribution is 7.07. The molecule has 11 heteroatoms. The first-order valence-electron chi connectivity index (χ1n) is 10.9. The van der Waals surface area contributed by atoms with Gasteiger partial charge in [0.25, 0.3) is 5.91 Å². The molecule has 1 aliphatic carbocycles. The lowest BCUT2D eigenvalue weighted by atomic mass is 10.0. The molecule has 1 aromatic rings. The van der Waals surface area contributed by atoms with Crippen molar-refractivity contribution in [2.75, 3.05) is 6.54 Å². The van der Waals surface area contributed by atoms with Gasteiger partial charge in [0.1, 0.15) is 0 Å². The van der Waals surface area contributed by atoms with Crippen LogP contribution in [0.4, 0.5) is 13.2 Å². The zero-order valence-electron chi connectivity index (χ0n) is 19.5. The zero-order chi connectivity index (χ0) is 25.6. The molecule has 0 fully saturated rings. The van der Waals surface area contributed by atoms with Crippen LogP contribution in [0.25, 0.3) is 5.57 Å². The Labute approximate surface area is 204 Å². The van der Waals surface area contributed by atoms with Crippen molar-refractivity contribution in [2.24, 2.45) is 4.99 Å². The van der Waals surface area contributed by atoms with E-state index < -0.39 is 18.0 Å². The number of ether oxygens (including phenoxy) is 1. The van der Waals surface area contributed by atoms with Gasteiger partial charge in [-0.3, -0.25) is 9.59 Å². The van der Waals surface area contributed by atoms with Gasteiger partial charge in [-0.15, -0.1) is 24.5 Å². The average Bonchev–Trinajstić information content (AvgIpc) is 3.18. The topological polar surface area (TPSA) is 84.7 Å². The molecule has 3 rings (SSSR count). The molecule has 0 aromatic carbocycles. The maximum Gasteiger partial charge on any atom is 0.573 e. The van der Waals surface area contributed by atoms with Gasteiger partial charge in [-0.25, -0.2) is 0 Å². The van der Waals surface area contributed by atoms with Crippen LogP contribution in [0.1, 0.15) is 39.3 Å². The molecule has 0 bridgehead atoms. The van der Waals surface area contributed by atoms with Crippen LogP contribution in [0, 0.1) is 0 Å². The molecule has 35 heavy (non-hydrogen) atoms. The standard InChI is InChI=1S/C24H25F3N4O3S/c1-4-18-8-11-20(15(2)29-18)22(33)30-23-31(13-5-12-28-16(3)32)21(14-35-23)17-6-9-19(10-7-17)34-24(25,26)27/h6,8-9,11,14,18,29H,4-5,12-13H2,1-3H3,(H,28,32). The van der Waals surface area contributed by atoms with Crippen LogP contribution in [-0.4, -0.2) is 35.3 Å². The highest BCUT2D eigenvalue weighted by Crippen LogP contribution is 2.24. The summed E-state index contributed by atoms with van der Waals surface area (Å²) in [5, 5.41) is 7.73. The van der Waals surface area contributed by atoms with Gasteiger partial charge in [-0.05, 0) is 43.7 Å². The maximum atomic E-state index is 13.0. The SMILES string of the molecule is CCC1C=CC(C(=O)N=c2scc(C3=C=C=C(OC(F)(F)F)C=C3)n2CCCNC(C)=O)=C(C)N1. The highest BCUT2D eigenvalue weighted by atomic mass is 32.1. The Balaban J connectivity index is 1.97. The summed E-state index contributed by atoms with van der Waals surface area (Å²) < 4.78 is 43.0. The van der Waals surface area contributed by atoms with Crippen molar-refractivity contribution < 1.29 is 27.5 Å². The average molecular weight is 507 g/mol. The summed E-state index contributed by atoms with van der Waals surface area (Å²) in [4.78, 5) is 28.9. The van der Waals surface area contributed by atoms with Crippen LogP contribution < -0.4 is 15.4 Å². The molecule has 0 radical (unpaired) electrons. The minimum absolute atomic E-state index is 0.159. The molecule has 2 N–H and O–H groups in total. The van der Waals surface area contributed by atoms with Crippen LogP contribution in [-0.2, 0) is 20.9 Å². The fourth-order valence-electron chi connectivity index (χ4n) is 3.42. The second-order valence-corrected chi connectivity index (χ2v) is 8.61. The monoisotopic (exact) mass is 506 g/mol. The summed E-state index contributed by atoms with van der Waals surface area (Å²) >= 11 is 1.22. The lowest BCUT2D eigenvalue weighted by molar-refractivity contribution is -0.303. The Bertz CT molecular complexity index is 1270. The molecule has 186 valence electrons. The van der Waals surface area contributed by atoms with Crippen LogP contribution in [0.5, 0.6) is 0 Å². The predicted octanol–water partition coefficient (Wildman–Crippen LogP) is 3.84. The third-order valence-corrected chi connectivity index (χ3v) is 5.99. The number of rotatable bonds is 8. The fraction of sp³-hybridized carbons (Fsp3) is 0.375. The van der Waals surface area contributed by atoms with Gasteiger partial charge in [0.15, 0.2) is 10.6 Å². The van der Waals surface area contributed by atoms with E-state index in [1.54, 1.807) is 16.0 Å². The van der Waals surface area contributed by atoms with Gasteiger partial charge in [0, 0.05) is 42.7 Å². The van der Waals surface area contributed by atoms with Crippen LogP contribution in [0.15, 0.2) is 63.2 Å². The Morgan fingerprint density at radius 2 is 2.06 bits per heavy atom. The first-order chi connectivity index (χ1) is 16.6. The van der Waals surface area contributed by atoms with Crippen LogP contribution in [0.3, 0.4) is 0 Å². The third-order valence-electron chi connectivity index (χ3n) is 5.12. The molecule has 0 spiro atoms. The van der Waals surface area contributed by atoms with Crippen molar-refractivity contribution in [1.82, 2.24) is 15.2 Å². The molecular formula is C24H25F3N4O3S. The summed E-state index contributed by atoms with van der Waals surface area (Å²) in [6, 6.07) is 0.162. The van der Waals surface area contributed by atoms with Crippen LogP contribution in [0.2, 0.25) is 0 Å². The number of dihydropyridines is 1.